The Morgan fingerprint density at radius 1 is 1.14 bits per heavy atom. The first-order chi connectivity index (χ1) is 13.7. The molecule has 7 heteroatoms. The van der Waals surface area contributed by atoms with E-state index in [1.807, 2.05) is 12.1 Å². The van der Waals surface area contributed by atoms with Crippen LogP contribution in [0.5, 0.6) is 5.75 Å². The third kappa shape index (κ3) is 4.11. The van der Waals surface area contributed by atoms with Crippen molar-refractivity contribution >= 4 is 16.9 Å². The average Bonchev–Trinajstić information content (AvgIpc) is 2.75. The molecule has 1 saturated heterocycles. The summed E-state index contributed by atoms with van der Waals surface area (Å²) in [5, 5.41) is 12.2. The van der Waals surface area contributed by atoms with E-state index in [2.05, 4.69) is 15.3 Å². The first kappa shape index (κ1) is 18.3. The minimum Gasteiger partial charge on any atom is -0.486 e. The number of benzene rings is 2. The maximum atomic E-state index is 12.8. The Morgan fingerprint density at radius 2 is 1.93 bits per heavy atom. The van der Waals surface area contributed by atoms with Gasteiger partial charge in [0.15, 0.2) is 0 Å². The Kier molecular flexibility index (Phi) is 5.45. The van der Waals surface area contributed by atoms with E-state index in [9.17, 15) is 4.79 Å². The first-order valence-corrected chi connectivity index (χ1v) is 9.19. The third-order valence-corrected chi connectivity index (χ3v) is 4.75. The number of aromatic nitrogens is 2. The van der Waals surface area contributed by atoms with Gasteiger partial charge in [-0.15, -0.1) is 0 Å². The zero-order chi connectivity index (χ0) is 19.3. The van der Waals surface area contributed by atoms with Gasteiger partial charge in [0.1, 0.15) is 11.9 Å². The van der Waals surface area contributed by atoms with Crippen molar-refractivity contribution in [3.05, 3.63) is 66.0 Å². The molecule has 2 N–H and O–H groups in total. The summed E-state index contributed by atoms with van der Waals surface area (Å²) in [5.74, 6) is 0.497. The van der Waals surface area contributed by atoms with Crippen LogP contribution in [0.1, 0.15) is 22.3 Å². The van der Waals surface area contributed by atoms with Crippen molar-refractivity contribution in [1.82, 2.24) is 15.3 Å². The highest BCUT2D eigenvalue weighted by molar-refractivity contribution is 5.97. The molecule has 0 unspecified atom stereocenters. The molecule has 0 bridgehead atoms. The number of nitrogens with zero attached hydrogens (tertiary/aromatic N) is 2. The lowest BCUT2D eigenvalue weighted by molar-refractivity contribution is -0.0135. The lowest BCUT2D eigenvalue weighted by atomic mass is 10.0. The normalized spacial score (nSPS) is 19.3. The monoisotopic (exact) mass is 379 g/mol. The molecule has 28 heavy (non-hydrogen) atoms. The number of carbonyl (C=O) groups is 1. The lowest BCUT2D eigenvalue weighted by Gasteiger charge is -2.32. The smallest absolute Gasteiger partial charge is 0.251 e. The first-order valence-electron chi connectivity index (χ1n) is 9.19. The van der Waals surface area contributed by atoms with Gasteiger partial charge in [-0.3, -0.25) is 14.8 Å². The van der Waals surface area contributed by atoms with Crippen LogP contribution in [-0.4, -0.2) is 46.3 Å². The predicted octanol–water partition coefficient (Wildman–Crippen LogP) is 2.09. The number of ether oxygens (including phenoxy) is 2. The molecule has 144 valence electrons. The van der Waals surface area contributed by atoms with E-state index in [1.165, 1.54) is 0 Å². The summed E-state index contributed by atoms with van der Waals surface area (Å²) in [7, 11) is 0. The molecule has 4 rings (SSSR count). The van der Waals surface area contributed by atoms with Gasteiger partial charge in [0.25, 0.3) is 5.91 Å². The molecule has 2 atom stereocenters. The van der Waals surface area contributed by atoms with Gasteiger partial charge in [-0.25, -0.2) is 0 Å². The quantitative estimate of drug-likeness (QED) is 0.705. The van der Waals surface area contributed by atoms with E-state index in [0.29, 0.717) is 36.5 Å². The van der Waals surface area contributed by atoms with Crippen molar-refractivity contribution < 1.29 is 19.4 Å². The number of hydrogen-bond acceptors (Lipinski definition) is 6. The molecular formula is C21H21N3O4. The van der Waals surface area contributed by atoms with Crippen LogP contribution >= 0.6 is 0 Å². The highest BCUT2D eigenvalue weighted by atomic mass is 16.5. The molecule has 0 radical (unpaired) electrons. The number of rotatable bonds is 5. The maximum absolute atomic E-state index is 12.8. The fourth-order valence-corrected chi connectivity index (χ4v) is 3.20. The number of aliphatic hydroxyl groups is 1. The SMILES string of the molecule is O=C(N[C@@H]1CCOC[C@H]1Oc1ccc(CO)cc1)c1ccc2nccnc2c1. The molecule has 3 aromatic rings. The van der Waals surface area contributed by atoms with E-state index < -0.39 is 0 Å². The lowest BCUT2D eigenvalue weighted by Crippen LogP contribution is -2.51. The van der Waals surface area contributed by atoms with Crippen LogP contribution in [0.3, 0.4) is 0 Å². The molecule has 0 saturated carbocycles. The second kappa shape index (κ2) is 8.33. The average molecular weight is 379 g/mol. The summed E-state index contributed by atoms with van der Waals surface area (Å²) in [6.07, 6.45) is 3.60. The van der Waals surface area contributed by atoms with Crippen LogP contribution in [0.2, 0.25) is 0 Å². The summed E-state index contributed by atoms with van der Waals surface area (Å²) in [6.45, 7) is 0.953. The van der Waals surface area contributed by atoms with E-state index in [-0.39, 0.29) is 24.7 Å². The van der Waals surface area contributed by atoms with Crippen molar-refractivity contribution in [2.75, 3.05) is 13.2 Å². The zero-order valence-corrected chi connectivity index (χ0v) is 15.2. The van der Waals surface area contributed by atoms with E-state index >= 15 is 0 Å². The summed E-state index contributed by atoms with van der Waals surface area (Å²) in [5.41, 5.74) is 2.78. The van der Waals surface area contributed by atoms with Gasteiger partial charge in [0.05, 0.1) is 30.3 Å². The maximum Gasteiger partial charge on any atom is 0.251 e. The second-order valence-electron chi connectivity index (χ2n) is 6.66. The molecule has 2 aromatic carbocycles. The highest BCUT2D eigenvalue weighted by Gasteiger charge is 2.29. The Morgan fingerprint density at radius 3 is 2.71 bits per heavy atom. The number of amides is 1. The van der Waals surface area contributed by atoms with Crippen LogP contribution in [-0.2, 0) is 11.3 Å². The molecule has 0 spiro atoms. The van der Waals surface area contributed by atoms with Crippen LogP contribution in [0.4, 0.5) is 0 Å². The van der Waals surface area contributed by atoms with Gasteiger partial charge in [-0.05, 0) is 42.3 Å². The Hall–Kier alpha value is -3.03. The highest BCUT2D eigenvalue weighted by Crippen LogP contribution is 2.19. The summed E-state index contributed by atoms with van der Waals surface area (Å²) < 4.78 is 11.6. The molecular weight excluding hydrogens is 358 g/mol. The largest absolute Gasteiger partial charge is 0.486 e. The number of nitrogens with one attached hydrogen (secondary N) is 1. The summed E-state index contributed by atoms with van der Waals surface area (Å²) >= 11 is 0. The topological polar surface area (TPSA) is 93.6 Å². The molecule has 2 heterocycles. The molecule has 0 aliphatic carbocycles. The second-order valence-corrected chi connectivity index (χ2v) is 6.66. The summed E-state index contributed by atoms with van der Waals surface area (Å²) in [6, 6.07) is 12.3. The molecule has 1 fully saturated rings. The van der Waals surface area contributed by atoms with Gasteiger partial charge in [0.2, 0.25) is 0 Å². The fraction of sp³-hybridized carbons (Fsp3) is 0.286. The van der Waals surface area contributed by atoms with Gasteiger partial charge >= 0.3 is 0 Å². The predicted molar refractivity (Wildman–Crippen MR) is 103 cm³/mol. The minimum atomic E-state index is -0.294. The van der Waals surface area contributed by atoms with Crippen molar-refractivity contribution in [3.8, 4) is 5.75 Å². The zero-order valence-electron chi connectivity index (χ0n) is 15.2. The van der Waals surface area contributed by atoms with Crippen molar-refractivity contribution in [1.29, 1.82) is 0 Å². The number of carbonyl (C=O) groups excluding carboxylic acids is 1. The van der Waals surface area contributed by atoms with E-state index in [0.717, 1.165) is 11.1 Å². The summed E-state index contributed by atoms with van der Waals surface area (Å²) in [4.78, 5) is 21.2. The number of fused-ring (bicyclic) bond motifs is 1. The van der Waals surface area contributed by atoms with Crippen LogP contribution in [0.25, 0.3) is 11.0 Å². The molecule has 7 nitrogen and oxygen atoms in total. The minimum absolute atomic E-state index is 0.0123. The van der Waals surface area contributed by atoms with Gasteiger partial charge < -0.3 is 19.9 Å². The van der Waals surface area contributed by atoms with Gasteiger partial charge in [-0.1, -0.05) is 12.1 Å². The number of hydrogen-bond donors (Lipinski definition) is 2. The molecule has 1 aliphatic heterocycles. The van der Waals surface area contributed by atoms with Gasteiger partial charge in [-0.2, -0.15) is 0 Å². The van der Waals surface area contributed by atoms with Crippen LogP contribution < -0.4 is 10.1 Å². The van der Waals surface area contributed by atoms with E-state index in [1.54, 1.807) is 42.7 Å². The van der Waals surface area contributed by atoms with Crippen molar-refractivity contribution in [2.45, 2.75) is 25.2 Å². The standard InChI is InChI=1S/C21H21N3O4/c25-12-14-1-4-16(5-2-14)28-20-13-27-10-7-18(20)24-21(26)15-3-6-17-19(11-15)23-9-8-22-17/h1-6,8-9,11,18,20,25H,7,10,12-13H2,(H,24,26)/t18-,20-/m1/s1. The number of aliphatic hydroxyl groups excluding tert-OH is 1. The van der Waals surface area contributed by atoms with Crippen LogP contribution in [0, 0.1) is 0 Å². The molecule has 1 aromatic heterocycles. The van der Waals surface area contributed by atoms with Gasteiger partial charge in [0, 0.05) is 24.6 Å². The Labute approximate surface area is 162 Å². The van der Waals surface area contributed by atoms with Crippen LogP contribution in [0.15, 0.2) is 54.9 Å². The molecule has 1 aliphatic rings. The Balaban J connectivity index is 1.46. The third-order valence-electron chi connectivity index (χ3n) is 4.75. The van der Waals surface area contributed by atoms with Crippen molar-refractivity contribution in [3.63, 3.8) is 0 Å². The van der Waals surface area contributed by atoms with Crippen molar-refractivity contribution in [2.24, 2.45) is 0 Å². The molecule has 1 amide bonds. The Bertz CT molecular complexity index is 961. The fourth-order valence-electron chi connectivity index (χ4n) is 3.20. The van der Waals surface area contributed by atoms with E-state index in [4.69, 9.17) is 14.6 Å².